The van der Waals surface area contributed by atoms with Gasteiger partial charge in [-0.1, -0.05) is 13.8 Å². The zero-order valence-corrected chi connectivity index (χ0v) is 10.7. The third kappa shape index (κ3) is 1.63. The molecule has 1 aromatic heterocycles. The van der Waals surface area contributed by atoms with Gasteiger partial charge in [0.1, 0.15) is 5.75 Å². The molecule has 3 rings (SSSR count). The molecule has 0 saturated carbocycles. The van der Waals surface area contributed by atoms with Gasteiger partial charge in [0.15, 0.2) is 0 Å². The molecule has 2 aromatic rings. The monoisotopic (exact) mass is 229 g/mol. The first-order valence-corrected chi connectivity index (χ1v) is 6.37. The third-order valence-electron chi connectivity index (χ3n) is 3.93. The fourth-order valence-electron chi connectivity index (χ4n) is 3.25. The second-order valence-corrected chi connectivity index (χ2v) is 5.37. The summed E-state index contributed by atoms with van der Waals surface area (Å²) in [5.74, 6) is 2.38. The van der Waals surface area contributed by atoms with Gasteiger partial charge in [0.05, 0.1) is 7.11 Å². The number of ether oxygens (including phenoxy) is 1. The van der Waals surface area contributed by atoms with E-state index in [0.29, 0.717) is 5.92 Å². The molecule has 0 radical (unpaired) electrons. The predicted molar refractivity (Wildman–Crippen MR) is 70.8 cm³/mol. The smallest absolute Gasteiger partial charge is 0.119 e. The van der Waals surface area contributed by atoms with E-state index in [0.717, 1.165) is 11.7 Å². The molecular formula is C15H19NO. The molecule has 1 aliphatic rings. The van der Waals surface area contributed by atoms with Crippen LogP contribution in [0.25, 0.3) is 10.9 Å². The maximum absolute atomic E-state index is 5.33. The van der Waals surface area contributed by atoms with Crippen LogP contribution in [-0.4, -0.2) is 12.1 Å². The topological polar surface area (TPSA) is 25.0 Å². The van der Waals surface area contributed by atoms with E-state index in [2.05, 4.69) is 31.0 Å². The first-order chi connectivity index (χ1) is 8.19. The van der Waals surface area contributed by atoms with Gasteiger partial charge in [0, 0.05) is 16.6 Å². The average Bonchev–Trinajstić information content (AvgIpc) is 2.65. The Kier molecular flexibility index (Phi) is 2.39. The zero-order valence-electron chi connectivity index (χ0n) is 10.7. The third-order valence-corrected chi connectivity index (χ3v) is 3.93. The van der Waals surface area contributed by atoms with Crippen molar-refractivity contribution < 1.29 is 4.74 Å². The van der Waals surface area contributed by atoms with E-state index < -0.39 is 0 Å². The van der Waals surface area contributed by atoms with Crippen molar-refractivity contribution in [3.63, 3.8) is 0 Å². The van der Waals surface area contributed by atoms with Gasteiger partial charge in [0.25, 0.3) is 0 Å². The largest absolute Gasteiger partial charge is 0.497 e. The molecule has 2 nitrogen and oxygen atoms in total. The van der Waals surface area contributed by atoms with Crippen molar-refractivity contribution in [1.29, 1.82) is 0 Å². The number of hydrogen-bond donors (Lipinski definition) is 1. The van der Waals surface area contributed by atoms with Crippen LogP contribution < -0.4 is 4.74 Å². The molecule has 0 saturated heterocycles. The second kappa shape index (κ2) is 3.80. The lowest BCUT2D eigenvalue weighted by atomic mass is 9.81. The Morgan fingerprint density at radius 3 is 2.88 bits per heavy atom. The molecule has 90 valence electrons. The van der Waals surface area contributed by atoms with Crippen molar-refractivity contribution in [2.45, 2.75) is 32.6 Å². The molecule has 2 heteroatoms. The summed E-state index contributed by atoms with van der Waals surface area (Å²) in [6.07, 6.45) is 2.47. The van der Waals surface area contributed by atoms with Crippen LogP contribution in [0.15, 0.2) is 18.2 Å². The molecule has 2 atom stereocenters. The van der Waals surface area contributed by atoms with Gasteiger partial charge in [-0.15, -0.1) is 0 Å². The molecule has 1 aromatic carbocycles. The van der Waals surface area contributed by atoms with Gasteiger partial charge in [-0.3, -0.25) is 0 Å². The highest BCUT2D eigenvalue weighted by Crippen LogP contribution is 2.39. The molecule has 0 fully saturated rings. The number of aromatic amines is 1. The first-order valence-electron chi connectivity index (χ1n) is 6.37. The maximum Gasteiger partial charge on any atom is 0.119 e. The fraction of sp³-hybridized carbons (Fsp3) is 0.467. The van der Waals surface area contributed by atoms with Crippen LogP contribution in [0.3, 0.4) is 0 Å². The SMILES string of the molecule is COc1ccc2[nH]c3c(c2c1)C(C)CC(C)C3. The van der Waals surface area contributed by atoms with Crippen LogP contribution in [0, 0.1) is 5.92 Å². The molecule has 0 aliphatic heterocycles. The summed E-state index contributed by atoms with van der Waals surface area (Å²) < 4.78 is 5.33. The van der Waals surface area contributed by atoms with E-state index in [9.17, 15) is 0 Å². The van der Waals surface area contributed by atoms with Crippen LogP contribution in [0.1, 0.15) is 37.4 Å². The summed E-state index contributed by atoms with van der Waals surface area (Å²) in [7, 11) is 1.73. The number of fused-ring (bicyclic) bond motifs is 3. The van der Waals surface area contributed by atoms with Gasteiger partial charge in [-0.2, -0.15) is 0 Å². The maximum atomic E-state index is 5.33. The van der Waals surface area contributed by atoms with Crippen LogP contribution in [0.2, 0.25) is 0 Å². The number of methoxy groups -OCH3 is 1. The number of aromatic nitrogens is 1. The van der Waals surface area contributed by atoms with Crippen molar-refractivity contribution in [3.8, 4) is 5.75 Å². The van der Waals surface area contributed by atoms with Crippen LogP contribution in [0.5, 0.6) is 5.75 Å². The lowest BCUT2D eigenvalue weighted by molar-refractivity contribution is 0.415. The number of rotatable bonds is 1. The lowest BCUT2D eigenvalue weighted by Gasteiger charge is -2.24. The van der Waals surface area contributed by atoms with Gasteiger partial charge >= 0.3 is 0 Å². The normalized spacial score (nSPS) is 23.7. The van der Waals surface area contributed by atoms with E-state index in [1.54, 1.807) is 7.11 Å². The number of hydrogen-bond acceptors (Lipinski definition) is 1. The molecule has 1 heterocycles. The Morgan fingerprint density at radius 1 is 1.29 bits per heavy atom. The molecule has 0 amide bonds. The molecule has 0 spiro atoms. The zero-order chi connectivity index (χ0) is 12.0. The number of benzene rings is 1. The van der Waals surface area contributed by atoms with Crippen molar-refractivity contribution in [2.24, 2.45) is 5.92 Å². The minimum absolute atomic E-state index is 0.648. The lowest BCUT2D eigenvalue weighted by Crippen LogP contribution is -2.13. The Balaban J connectivity index is 2.22. The molecule has 0 bridgehead atoms. The van der Waals surface area contributed by atoms with Crippen LogP contribution >= 0.6 is 0 Å². The molecule has 2 unspecified atom stereocenters. The van der Waals surface area contributed by atoms with E-state index in [1.807, 2.05) is 6.07 Å². The highest BCUT2D eigenvalue weighted by atomic mass is 16.5. The van der Waals surface area contributed by atoms with Gasteiger partial charge in [-0.05, 0) is 48.4 Å². The van der Waals surface area contributed by atoms with Gasteiger partial charge < -0.3 is 9.72 Å². The van der Waals surface area contributed by atoms with Crippen molar-refractivity contribution >= 4 is 10.9 Å². The van der Waals surface area contributed by atoms with Crippen LogP contribution in [0.4, 0.5) is 0 Å². The molecule has 1 N–H and O–H groups in total. The van der Waals surface area contributed by atoms with E-state index in [-0.39, 0.29) is 0 Å². The number of nitrogens with one attached hydrogen (secondary N) is 1. The quantitative estimate of drug-likeness (QED) is 0.789. The standard InChI is InChI=1S/C15H19NO/c1-9-6-10(2)15-12-8-11(17-3)4-5-13(12)16-14(15)7-9/h4-5,8-10,16H,6-7H2,1-3H3. The minimum Gasteiger partial charge on any atom is -0.497 e. The average molecular weight is 229 g/mol. The minimum atomic E-state index is 0.648. The van der Waals surface area contributed by atoms with Crippen molar-refractivity contribution in [1.82, 2.24) is 4.98 Å². The van der Waals surface area contributed by atoms with Gasteiger partial charge in [0.2, 0.25) is 0 Å². The summed E-state index contributed by atoms with van der Waals surface area (Å²) in [5, 5.41) is 1.35. The van der Waals surface area contributed by atoms with Gasteiger partial charge in [-0.25, -0.2) is 0 Å². The van der Waals surface area contributed by atoms with Crippen molar-refractivity contribution in [2.75, 3.05) is 7.11 Å². The number of H-pyrrole nitrogens is 1. The Hall–Kier alpha value is -1.44. The van der Waals surface area contributed by atoms with Crippen LogP contribution in [-0.2, 0) is 6.42 Å². The highest BCUT2D eigenvalue weighted by molar-refractivity contribution is 5.86. The first kappa shape index (κ1) is 10.7. The highest BCUT2D eigenvalue weighted by Gasteiger charge is 2.25. The predicted octanol–water partition coefficient (Wildman–Crippen LogP) is 3.86. The molecule has 17 heavy (non-hydrogen) atoms. The summed E-state index contributed by atoms with van der Waals surface area (Å²) >= 11 is 0. The summed E-state index contributed by atoms with van der Waals surface area (Å²) in [5.41, 5.74) is 4.19. The summed E-state index contributed by atoms with van der Waals surface area (Å²) in [4.78, 5) is 3.57. The Bertz CT molecular complexity index is 555. The Labute approximate surface area is 102 Å². The van der Waals surface area contributed by atoms with Crippen molar-refractivity contribution in [3.05, 3.63) is 29.5 Å². The molecule has 1 aliphatic carbocycles. The molecular weight excluding hydrogens is 210 g/mol. The van der Waals surface area contributed by atoms with E-state index in [4.69, 9.17) is 4.74 Å². The fourth-order valence-corrected chi connectivity index (χ4v) is 3.25. The van der Waals surface area contributed by atoms with E-state index in [1.165, 1.54) is 35.0 Å². The summed E-state index contributed by atoms with van der Waals surface area (Å²) in [6, 6.07) is 6.32. The summed E-state index contributed by atoms with van der Waals surface area (Å²) in [6.45, 7) is 4.67. The Morgan fingerprint density at radius 2 is 2.12 bits per heavy atom. The van der Waals surface area contributed by atoms with E-state index >= 15 is 0 Å². The second-order valence-electron chi connectivity index (χ2n) is 5.37.